The van der Waals surface area contributed by atoms with Crippen molar-refractivity contribution in [2.45, 2.75) is 55.5 Å². The van der Waals surface area contributed by atoms with Crippen LogP contribution in [-0.4, -0.2) is 56.2 Å². The molecule has 2 aromatic carbocycles. The average molecular weight is 525 g/mol. The summed E-state index contributed by atoms with van der Waals surface area (Å²) in [6, 6.07) is 11.3. The molecular formula is C29H33ClN2O5. The smallest absolute Gasteiger partial charge is 0.244 e. The van der Waals surface area contributed by atoms with Gasteiger partial charge in [-0.25, -0.2) is 0 Å². The fourth-order valence-corrected chi connectivity index (χ4v) is 6.39. The van der Waals surface area contributed by atoms with E-state index in [4.69, 9.17) is 25.8 Å². The van der Waals surface area contributed by atoms with Gasteiger partial charge in [0.1, 0.15) is 0 Å². The number of ether oxygens (including phenoxy) is 3. The van der Waals surface area contributed by atoms with E-state index < -0.39 is 11.0 Å². The summed E-state index contributed by atoms with van der Waals surface area (Å²) in [6.45, 7) is 0.655. The van der Waals surface area contributed by atoms with Crippen LogP contribution in [0.1, 0.15) is 49.7 Å². The van der Waals surface area contributed by atoms with E-state index in [1.165, 1.54) is 6.08 Å². The van der Waals surface area contributed by atoms with Crippen LogP contribution in [0, 0.1) is 0 Å². The van der Waals surface area contributed by atoms with Crippen molar-refractivity contribution in [2.24, 2.45) is 0 Å². The Labute approximate surface area is 222 Å². The summed E-state index contributed by atoms with van der Waals surface area (Å²) in [4.78, 5) is 28.9. The van der Waals surface area contributed by atoms with E-state index in [2.05, 4.69) is 5.32 Å². The van der Waals surface area contributed by atoms with Crippen LogP contribution >= 0.6 is 11.6 Å². The number of nitrogens with zero attached hydrogens (tertiary/aromatic N) is 1. The minimum absolute atomic E-state index is 0.00943. The van der Waals surface area contributed by atoms with Gasteiger partial charge < -0.3 is 24.4 Å². The van der Waals surface area contributed by atoms with E-state index in [0.717, 1.165) is 49.7 Å². The second-order valence-corrected chi connectivity index (χ2v) is 10.6. The maximum Gasteiger partial charge on any atom is 0.244 e. The zero-order chi connectivity index (χ0) is 26.2. The first-order valence-corrected chi connectivity index (χ1v) is 13.1. The van der Waals surface area contributed by atoms with Crippen LogP contribution in [0.4, 0.5) is 0 Å². The molecule has 2 saturated carbocycles. The van der Waals surface area contributed by atoms with Gasteiger partial charge in [-0.15, -0.1) is 0 Å². The summed E-state index contributed by atoms with van der Waals surface area (Å²) in [6.07, 6.45) is 8.46. The molecular weight excluding hydrogens is 492 g/mol. The van der Waals surface area contributed by atoms with Crippen molar-refractivity contribution < 1.29 is 23.8 Å². The van der Waals surface area contributed by atoms with Gasteiger partial charge in [0, 0.05) is 17.6 Å². The van der Waals surface area contributed by atoms with E-state index >= 15 is 0 Å². The van der Waals surface area contributed by atoms with Crippen LogP contribution in [-0.2, 0) is 15.0 Å². The first-order chi connectivity index (χ1) is 17.9. The van der Waals surface area contributed by atoms with Gasteiger partial charge in [0.25, 0.3) is 0 Å². The molecule has 2 aromatic rings. The molecule has 2 aliphatic carbocycles. The van der Waals surface area contributed by atoms with Gasteiger partial charge in [0.05, 0.1) is 38.3 Å². The maximum atomic E-state index is 13.8. The van der Waals surface area contributed by atoms with E-state index in [-0.39, 0.29) is 17.9 Å². The maximum absolute atomic E-state index is 13.8. The van der Waals surface area contributed by atoms with Gasteiger partial charge in [-0.1, -0.05) is 23.7 Å². The number of hydrogen-bond donors (Lipinski definition) is 1. The number of carbonyl (C=O) groups is 2. The summed E-state index contributed by atoms with van der Waals surface area (Å²) >= 11 is 6.24. The van der Waals surface area contributed by atoms with Crippen molar-refractivity contribution in [2.75, 3.05) is 27.9 Å². The minimum Gasteiger partial charge on any atom is -0.493 e. The SMILES string of the molecule is COc1cc(/C=C/C(=O)N[C@@]23CCC[C@@H]2N(C(=O)C2(c4cccc(Cl)c4)CC2)CC3)cc(OC)c1OC. The normalized spacial score (nSPS) is 23.6. The third-order valence-corrected chi connectivity index (χ3v) is 8.43. The zero-order valence-electron chi connectivity index (χ0n) is 21.5. The van der Waals surface area contributed by atoms with Crippen LogP contribution in [0.3, 0.4) is 0 Å². The fourth-order valence-electron chi connectivity index (χ4n) is 6.20. The van der Waals surface area contributed by atoms with Gasteiger partial charge in [0.15, 0.2) is 11.5 Å². The Bertz CT molecular complexity index is 1220. The van der Waals surface area contributed by atoms with Crippen LogP contribution < -0.4 is 19.5 Å². The monoisotopic (exact) mass is 524 g/mol. The van der Waals surface area contributed by atoms with Crippen molar-refractivity contribution in [3.05, 3.63) is 58.6 Å². The molecule has 8 heteroatoms. The molecule has 0 radical (unpaired) electrons. The lowest BCUT2D eigenvalue weighted by Gasteiger charge is -2.34. The Balaban J connectivity index is 1.31. The summed E-state index contributed by atoms with van der Waals surface area (Å²) in [5, 5.41) is 3.93. The molecule has 7 nitrogen and oxygen atoms in total. The Kier molecular flexibility index (Phi) is 6.84. The molecule has 0 aromatic heterocycles. The topological polar surface area (TPSA) is 77.1 Å². The van der Waals surface area contributed by atoms with Crippen molar-refractivity contribution >= 4 is 29.5 Å². The number of likely N-dealkylation sites (tertiary alicyclic amines) is 1. The number of amides is 2. The highest BCUT2D eigenvalue weighted by atomic mass is 35.5. The van der Waals surface area contributed by atoms with E-state index in [0.29, 0.717) is 28.8 Å². The number of rotatable bonds is 8. The van der Waals surface area contributed by atoms with Crippen LogP contribution in [0.15, 0.2) is 42.5 Å². The molecule has 1 aliphatic heterocycles. The highest BCUT2D eigenvalue weighted by Crippen LogP contribution is 2.53. The molecule has 2 atom stereocenters. The number of carbonyl (C=O) groups excluding carboxylic acids is 2. The predicted octanol–water partition coefficient (Wildman–Crippen LogP) is 4.75. The highest BCUT2D eigenvalue weighted by Gasteiger charge is 2.59. The number of halogens is 1. The molecule has 0 unspecified atom stereocenters. The predicted molar refractivity (Wildman–Crippen MR) is 142 cm³/mol. The number of fused-ring (bicyclic) bond motifs is 1. The van der Waals surface area contributed by atoms with Crippen molar-refractivity contribution in [1.82, 2.24) is 10.2 Å². The molecule has 0 spiro atoms. The largest absolute Gasteiger partial charge is 0.493 e. The average Bonchev–Trinajstić information content (AvgIpc) is 3.51. The van der Waals surface area contributed by atoms with E-state index in [9.17, 15) is 9.59 Å². The Morgan fingerprint density at radius 1 is 1.03 bits per heavy atom. The lowest BCUT2D eigenvalue weighted by atomic mass is 9.91. The lowest BCUT2D eigenvalue weighted by molar-refractivity contribution is -0.135. The standard InChI is InChI=1S/C29H33ClN2O5/c1-35-22-16-19(17-23(36-2)26(22)37-3)9-10-25(33)31-29-11-5-8-24(29)32(15-14-29)27(34)28(12-13-28)20-6-4-7-21(30)18-20/h4,6-7,9-10,16-18,24H,5,8,11-15H2,1-3H3,(H,31,33)/b10-9+/t24-,29+/m0/s1. The third-order valence-electron chi connectivity index (χ3n) is 8.20. The molecule has 37 heavy (non-hydrogen) atoms. The fraction of sp³-hybridized carbons (Fsp3) is 0.448. The highest BCUT2D eigenvalue weighted by molar-refractivity contribution is 6.30. The summed E-state index contributed by atoms with van der Waals surface area (Å²) in [5.74, 6) is 1.54. The first kappa shape index (κ1) is 25.5. The Hall–Kier alpha value is -3.19. The molecule has 1 saturated heterocycles. The Morgan fingerprint density at radius 3 is 2.38 bits per heavy atom. The van der Waals surface area contributed by atoms with Crippen molar-refractivity contribution in [3.63, 3.8) is 0 Å². The number of nitrogens with one attached hydrogen (secondary N) is 1. The minimum atomic E-state index is -0.472. The lowest BCUT2D eigenvalue weighted by Crippen LogP contribution is -2.55. The van der Waals surface area contributed by atoms with Crippen LogP contribution in [0.25, 0.3) is 6.08 Å². The molecule has 3 aliphatic rings. The quantitative estimate of drug-likeness (QED) is 0.504. The van der Waals surface area contributed by atoms with E-state index in [1.54, 1.807) is 39.5 Å². The van der Waals surface area contributed by atoms with Crippen LogP contribution in [0.5, 0.6) is 17.2 Å². The third kappa shape index (κ3) is 4.54. The zero-order valence-corrected chi connectivity index (χ0v) is 22.3. The first-order valence-electron chi connectivity index (χ1n) is 12.7. The second-order valence-electron chi connectivity index (χ2n) is 10.2. The van der Waals surface area contributed by atoms with Gasteiger partial charge >= 0.3 is 0 Å². The molecule has 2 amide bonds. The van der Waals surface area contributed by atoms with Gasteiger partial charge in [-0.05, 0) is 80.0 Å². The molecule has 1 N–H and O–H groups in total. The van der Waals surface area contributed by atoms with Crippen molar-refractivity contribution in [1.29, 1.82) is 0 Å². The van der Waals surface area contributed by atoms with Gasteiger partial charge in [-0.2, -0.15) is 0 Å². The molecule has 1 heterocycles. The summed E-state index contributed by atoms with van der Waals surface area (Å²) in [5.41, 5.74) is 0.889. The summed E-state index contributed by atoms with van der Waals surface area (Å²) in [7, 11) is 4.67. The van der Waals surface area contributed by atoms with Gasteiger partial charge in [-0.3, -0.25) is 9.59 Å². The molecule has 3 fully saturated rings. The number of methoxy groups -OCH3 is 3. The molecule has 196 valence electrons. The molecule has 0 bridgehead atoms. The second kappa shape index (κ2) is 9.93. The van der Waals surface area contributed by atoms with Crippen molar-refractivity contribution in [3.8, 4) is 17.2 Å². The number of hydrogen-bond acceptors (Lipinski definition) is 5. The van der Waals surface area contributed by atoms with Gasteiger partial charge in [0.2, 0.25) is 17.6 Å². The Morgan fingerprint density at radius 2 is 1.76 bits per heavy atom. The van der Waals surface area contributed by atoms with Crippen LogP contribution in [0.2, 0.25) is 5.02 Å². The number of benzene rings is 2. The summed E-state index contributed by atoms with van der Waals surface area (Å²) < 4.78 is 16.2. The molecule has 5 rings (SSSR count). The van der Waals surface area contributed by atoms with E-state index in [1.807, 2.05) is 29.2 Å².